The molecule has 92 valence electrons. The zero-order chi connectivity index (χ0) is 12.7. The summed E-state index contributed by atoms with van der Waals surface area (Å²) in [5.74, 6) is 0. The molecule has 0 radical (unpaired) electrons. The molecule has 0 amide bonds. The van der Waals surface area contributed by atoms with Gasteiger partial charge in [-0.05, 0) is 19.1 Å². The van der Waals surface area contributed by atoms with Gasteiger partial charge in [-0.25, -0.2) is 15.0 Å². The number of aromatic nitrogens is 4. The minimum absolute atomic E-state index is 0.360. The van der Waals surface area contributed by atoms with E-state index in [1.54, 1.807) is 18.8 Å². The Hall–Kier alpha value is -1.82. The van der Waals surface area contributed by atoms with E-state index < -0.39 is 10.8 Å². The molecule has 2 heterocycles. The molecule has 2 aromatic heterocycles. The average molecular weight is 260 g/mol. The van der Waals surface area contributed by atoms with E-state index in [4.69, 9.17) is 0 Å². The quantitative estimate of drug-likeness (QED) is 0.658. The van der Waals surface area contributed by atoms with Crippen molar-refractivity contribution in [1.29, 1.82) is 0 Å². The van der Waals surface area contributed by atoms with Crippen LogP contribution in [0.3, 0.4) is 0 Å². The number of hydrogen-bond donors (Lipinski definition) is 0. The lowest BCUT2D eigenvalue weighted by Crippen LogP contribution is -1.99. The Kier molecular flexibility index (Phi) is 2.59. The van der Waals surface area contributed by atoms with E-state index in [-0.39, 0.29) is 0 Å². The molecule has 1 aromatic carbocycles. The van der Waals surface area contributed by atoms with Crippen molar-refractivity contribution in [1.82, 2.24) is 19.5 Å². The summed E-state index contributed by atoms with van der Waals surface area (Å²) in [7, 11) is -1.18. The van der Waals surface area contributed by atoms with Crippen LogP contribution >= 0.6 is 0 Å². The fourth-order valence-electron chi connectivity index (χ4n) is 2.01. The molecule has 6 heteroatoms. The van der Waals surface area contributed by atoms with Crippen molar-refractivity contribution < 1.29 is 4.21 Å². The number of nitrogens with zero attached hydrogens (tertiary/aromatic N) is 4. The van der Waals surface area contributed by atoms with Gasteiger partial charge >= 0.3 is 0 Å². The second kappa shape index (κ2) is 4.13. The molecule has 3 aromatic rings. The zero-order valence-corrected chi connectivity index (χ0v) is 10.9. The molecule has 0 saturated carbocycles. The van der Waals surface area contributed by atoms with Crippen molar-refractivity contribution >= 4 is 32.7 Å². The zero-order valence-electron chi connectivity index (χ0n) is 10.1. The minimum atomic E-state index is -1.18. The van der Waals surface area contributed by atoms with Gasteiger partial charge in [-0.2, -0.15) is 0 Å². The number of benzene rings is 1. The first-order valence-electron chi connectivity index (χ1n) is 5.64. The van der Waals surface area contributed by atoms with Crippen LogP contribution in [-0.4, -0.2) is 30.0 Å². The van der Waals surface area contributed by atoms with Crippen LogP contribution in [0.25, 0.3) is 21.9 Å². The Morgan fingerprint density at radius 3 is 2.89 bits per heavy atom. The molecule has 0 N–H and O–H groups in total. The molecule has 0 fully saturated rings. The van der Waals surface area contributed by atoms with Gasteiger partial charge < -0.3 is 4.57 Å². The molecule has 1 atom stereocenters. The summed E-state index contributed by atoms with van der Waals surface area (Å²) in [5, 5.41) is 1.30. The van der Waals surface area contributed by atoms with Crippen LogP contribution in [-0.2, 0) is 17.3 Å². The van der Waals surface area contributed by atoms with Crippen molar-refractivity contribution in [2.75, 3.05) is 6.26 Å². The fraction of sp³-hybridized carbons (Fsp3) is 0.250. The maximum atomic E-state index is 11.5. The van der Waals surface area contributed by atoms with Gasteiger partial charge in [0.2, 0.25) is 5.16 Å². The maximum Gasteiger partial charge on any atom is 0.218 e. The van der Waals surface area contributed by atoms with Gasteiger partial charge in [0.05, 0.1) is 28.2 Å². The Balaban J connectivity index is 2.46. The molecule has 3 rings (SSSR count). The summed E-state index contributed by atoms with van der Waals surface area (Å²) in [5.41, 5.74) is 2.69. The third kappa shape index (κ3) is 1.60. The van der Waals surface area contributed by atoms with Crippen LogP contribution in [0, 0.1) is 0 Å². The molecule has 18 heavy (non-hydrogen) atoms. The van der Waals surface area contributed by atoms with E-state index in [1.165, 1.54) is 0 Å². The van der Waals surface area contributed by atoms with Crippen LogP contribution in [0.2, 0.25) is 0 Å². The Bertz CT molecular complexity index is 765. The van der Waals surface area contributed by atoms with Gasteiger partial charge in [-0.15, -0.1) is 0 Å². The minimum Gasteiger partial charge on any atom is -0.329 e. The Labute approximate surface area is 106 Å². The first-order chi connectivity index (χ1) is 8.70. The van der Waals surface area contributed by atoms with Gasteiger partial charge in [-0.1, -0.05) is 0 Å². The van der Waals surface area contributed by atoms with E-state index in [0.29, 0.717) is 5.16 Å². The standard InChI is InChI=1S/C12H12N4OS/c1-3-16-7-14-9-5-4-8-6-13-12(18(2)17)15-10(8)11(9)16/h4-7H,3H2,1-2H3. The molecule has 0 saturated heterocycles. The second-order valence-corrected chi connectivity index (χ2v) is 5.28. The van der Waals surface area contributed by atoms with E-state index in [9.17, 15) is 4.21 Å². The number of imidazole rings is 1. The molecule has 0 bridgehead atoms. The smallest absolute Gasteiger partial charge is 0.218 e. The third-order valence-corrected chi connectivity index (χ3v) is 3.61. The molecular formula is C12H12N4OS. The van der Waals surface area contributed by atoms with Crippen LogP contribution in [0.1, 0.15) is 6.92 Å². The van der Waals surface area contributed by atoms with E-state index in [0.717, 1.165) is 28.5 Å². The molecule has 0 aliphatic rings. The second-order valence-electron chi connectivity index (χ2n) is 4.01. The average Bonchev–Trinajstić information content (AvgIpc) is 2.81. The first kappa shape index (κ1) is 11.3. The largest absolute Gasteiger partial charge is 0.329 e. The predicted octanol–water partition coefficient (Wildman–Crippen LogP) is 1.74. The summed E-state index contributed by atoms with van der Waals surface area (Å²) < 4.78 is 13.5. The third-order valence-electron chi connectivity index (χ3n) is 2.90. The van der Waals surface area contributed by atoms with Crippen LogP contribution in [0.5, 0.6) is 0 Å². The van der Waals surface area contributed by atoms with Crippen LogP contribution < -0.4 is 0 Å². The normalized spacial score (nSPS) is 13.2. The highest BCUT2D eigenvalue weighted by atomic mass is 32.2. The van der Waals surface area contributed by atoms with Crippen molar-refractivity contribution in [3.63, 3.8) is 0 Å². The lowest BCUT2D eigenvalue weighted by Gasteiger charge is -2.04. The maximum absolute atomic E-state index is 11.5. The molecule has 5 nitrogen and oxygen atoms in total. The van der Waals surface area contributed by atoms with Crippen molar-refractivity contribution in [2.24, 2.45) is 0 Å². The molecule has 1 unspecified atom stereocenters. The Morgan fingerprint density at radius 1 is 1.33 bits per heavy atom. The highest BCUT2D eigenvalue weighted by Gasteiger charge is 2.10. The van der Waals surface area contributed by atoms with Gasteiger partial charge in [0.1, 0.15) is 5.52 Å². The molecule has 0 aliphatic carbocycles. The van der Waals surface area contributed by atoms with Crippen LogP contribution in [0.4, 0.5) is 0 Å². The summed E-state index contributed by atoms with van der Waals surface area (Å²) in [6.45, 7) is 2.88. The van der Waals surface area contributed by atoms with Gasteiger partial charge in [0.25, 0.3) is 0 Å². The lowest BCUT2D eigenvalue weighted by atomic mass is 10.2. The van der Waals surface area contributed by atoms with Crippen molar-refractivity contribution in [2.45, 2.75) is 18.6 Å². The Morgan fingerprint density at radius 2 is 2.17 bits per heavy atom. The van der Waals surface area contributed by atoms with Gasteiger partial charge in [0, 0.05) is 24.4 Å². The number of fused-ring (bicyclic) bond motifs is 3. The highest BCUT2D eigenvalue weighted by molar-refractivity contribution is 7.84. The lowest BCUT2D eigenvalue weighted by molar-refractivity contribution is 0.680. The van der Waals surface area contributed by atoms with Gasteiger partial charge in [-0.3, -0.25) is 4.21 Å². The number of hydrogen-bond acceptors (Lipinski definition) is 4. The van der Waals surface area contributed by atoms with E-state index in [2.05, 4.69) is 21.9 Å². The van der Waals surface area contributed by atoms with E-state index in [1.807, 2.05) is 16.7 Å². The van der Waals surface area contributed by atoms with Crippen molar-refractivity contribution in [3.8, 4) is 0 Å². The highest BCUT2D eigenvalue weighted by Crippen LogP contribution is 2.23. The monoisotopic (exact) mass is 260 g/mol. The van der Waals surface area contributed by atoms with E-state index >= 15 is 0 Å². The number of aryl methyl sites for hydroxylation is 1. The fourth-order valence-corrected chi connectivity index (χ4v) is 2.43. The predicted molar refractivity (Wildman–Crippen MR) is 70.8 cm³/mol. The van der Waals surface area contributed by atoms with Crippen molar-refractivity contribution in [3.05, 3.63) is 24.7 Å². The van der Waals surface area contributed by atoms with Crippen LogP contribution in [0.15, 0.2) is 29.8 Å². The summed E-state index contributed by atoms with van der Waals surface area (Å²) in [6, 6.07) is 3.89. The molecule has 0 aliphatic heterocycles. The first-order valence-corrected chi connectivity index (χ1v) is 7.20. The SMILES string of the molecule is CCn1cnc2ccc3cnc(S(C)=O)nc3c21. The molecular weight excluding hydrogens is 248 g/mol. The summed E-state index contributed by atoms with van der Waals surface area (Å²) in [4.78, 5) is 12.9. The summed E-state index contributed by atoms with van der Waals surface area (Å²) in [6.07, 6.45) is 5.10. The summed E-state index contributed by atoms with van der Waals surface area (Å²) >= 11 is 0. The topological polar surface area (TPSA) is 60.7 Å². The number of rotatable bonds is 2. The molecule has 0 spiro atoms. The van der Waals surface area contributed by atoms with Gasteiger partial charge in [0.15, 0.2) is 0 Å².